The highest BCUT2D eigenvalue weighted by Gasteiger charge is 2.14. The zero-order chi connectivity index (χ0) is 12.0. The summed E-state index contributed by atoms with van der Waals surface area (Å²) in [5, 5.41) is 11.5. The van der Waals surface area contributed by atoms with E-state index in [9.17, 15) is 4.79 Å². The summed E-state index contributed by atoms with van der Waals surface area (Å²) in [6.07, 6.45) is 2.52. The van der Waals surface area contributed by atoms with Crippen molar-refractivity contribution in [1.82, 2.24) is 10.3 Å². The van der Waals surface area contributed by atoms with Crippen molar-refractivity contribution >= 4 is 17.5 Å². The Kier molecular flexibility index (Phi) is 4.74. The van der Waals surface area contributed by atoms with Gasteiger partial charge in [0.1, 0.15) is 5.15 Å². The molecule has 1 rings (SSSR count). The van der Waals surface area contributed by atoms with Gasteiger partial charge in [0.25, 0.3) is 5.91 Å². The minimum Gasteiger partial charge on any atom is -0.348 e. The average molecular weight is 238 g/mol. The Bertz CT molecular complexity index is 414. The minimum absolute atomic E-state index is 0.145. The fraction of sp³-hybridized carbons (Fsp3) is 0.364. The second-order valence-corrected chi connectivity index (χ2v) is 3.64. The van der Waals surface area contributed by atoms with E-state index in [0.29, 0.717) is 18.4 Å². The van der Waals surface area contributed by atoms with Gasteiger partial charge in [-0.3, -0.25) is 4.79 Å². The molecule has 0 fully saturated rings. The van der Waals surface area contributed by atoms with Crippen LogP contribution in [-0.4, -0.2) is 16.9 Å². The summed E-state index contributed by atoms with van der Waals surface area (Å²) in [6, 6.07) is 5.13. The Morgan fingerprint density at radius 1 is 1.75 bits per heavy atom. The van der Waals surface area contributed by atoms with Gasteiger partial charge in [-0.05, 0) is 18.6 Å². The normalized spacial score (nSPS) is 11.6. The maximum absolute atomic E-state index is 11.8. The van der Waals surface area contributed by atoms with Gasteiger partial charge < -0.3 is 5.32 Å². The van der Waals surface area contributed by atoms with Crippen LogP contribution in [0, 0.1) is 11.3 Å². The lowest BCUT2D eigenvalue weighted by Crippen LogP contribution is -2.34. The van der Waals surface area contributed by atoms with Gasteiger partial charge in [0.15, 0.2) is 0 Å². The van der Waals surface area contributed by atoms with Crippen LogP contribution in [0.25, 0.3) is 0 Å². The summed E-state index contributed by atoms with van der Waals surface area (Å²) in [5.41, 5.74) is 0.334. The molecule has 84 valence electrons. The monoisotopic (exact) mass is 237 g/mol. The standard InChI is InChI=1S/C11H12ClN3O/c1-2-8(5-6-13)15-11(16)9-4-3-7-14-10(9)12/h3-4,7-8H,2,5H2,1H3,(H,15,16). The van der Waals surface area contributed by atoms with Crippen LogP contribution in [0.15, 0.2) is 18.3 Å². The number of rotatable bonds is 4. The SMILES string of the molecule is CCC(CC#N)NC(=O)c1cccnc1Cl. The molecule has 4 nitrogen and oxygen atoms in total. The van der Waals surface area contributed by atoms with Crippen molar-refractivity contribution in [2.24, 2.45) is 0 Å². The van der Waals surface area contributed by atoms with Crippen molar-refractivity contribution in [3.63, 3.8) is 0 Å². The lowest BCUT2D eigenvalue weighted by molar-refractivity contribution is 0.0936. The van der Waals surface area contributed by atoms with Crippen LogP contribution in [0.4, 0.5) is 0 Å². The van der Waals surface area contributed by atoms with Crippen molar-refractivity contribution in [2.45, 2.75) is 25.8 Å². The molecule has 1 aromatic rings. The Morgan fingerprint density at radius 3 is 3.06 bits per heavy atom. The highest BCUT2D eigenvalue weighted by molar-refractivity contribution is 6.32. The lowest BCUT2D eigenvalue weighted by atomic mass is 10.1. The van der Waals surface area contributed by atoms with Crippen LogP contribution < -0.4 is 5.32 Å². The molecule has 0 aliphatic heterocycles. The predicted octanol–water partition coefficient (Wildman–Crippen LogP) is 2.16. The quantitative estimate of drug-likeness (QED) is 0.816. The Labute approximate surface area is 99.2 Å². The maximum atomic E-state index is 11.8. The molecule has 1 N–H and O–H groups in total. The fourth-order valence-electron chi connectivity index (χ4n) is 1.23. The van der Waals surface area contributed by atoms with E-state index in [-0.39, 0.29) is 17.1 Å². The first-order valence-electron chi connectivity index (χ1n) is 4.97. The van der Waals surface area contributed by atoms with Crippen LogP contribution in [0.2, 0.25) is 5.15 Å². The molecule has 0 aliphatic carbocycles. The molecule has 1 atom stereocenters. The van der Waals surface area contributed by atoms with E-state index in [1.54, 1.807) is 12.1 Å². The summed E-state index contributed by atoms with van der Waals surface area (Å²) < 4.78 is 0. The molecule has 0 saturated carbocycles. The van der Waals surface area contributed by atoms with Gasteiger partial charge in [-0.15, -0.1) is 0 Å². The van der Waals surface area contributed by atoms with Crippen molar-refractivity contribution in [2.75, 3.05) is 0 Å². The summed E-state index contributed by atoms with van der Waals surface area (Å²) in [6.45, 7) is 1.91. The third kappa shape index (κ3) is 3.21. The fourth-order valence-corrected chi connectivity index (χ4v) is 1.43. The second kappa shape index (κ2) is 6.09. The van der Waals surface area contributed by atoms with Gasteiger partial charge in [-0.2, -0.15) is 5.26 Å². The van der Waals surface area contributed by atoms with E-state index >= 15 is 0 Å². The number of carbonyl (C=O) groups excluding carboxylic acids is 1. The molecule has 0 radical (unpaired) electrons. The number of nitrogens with one attached hydrogen (secondary N) is 1. The number of nitriles is 1. The van der Waals surface area contributed by atoms with Crippen molar-refractivity contribution < 1.29 is 4.79 Å². The number of pyridine rings is 1. The van der Waals surface area contributed by atoms with E-state index in [1.807, 2.05) is 13.0 Å². The van der Waals surface area contributed by atoms with Gasteiger partial charge in [0, 0.05) is 12.2 Å². The molecule has 1 amide bonds. The van der Waals surface area contributed by atoms with Crippen LogP contribution >= 0.6 is 11.6 Å². The van der Waals surface area contributed by atoms with Gasteiger partial charge >= 0.3 is 0 Å². The Balaban J connectivity index is 2.73. The molecule has 16 heavy (non-hydrogen) atoms. The summed E-state index contributed by atoms with van der Waals surface area (Å²) >= 11 is 5.79. The van der Waals surface area contributed by atoms with Gasteiger partial charge in [-0.25, -0.2) is 4.98 Å². The van der Waals surface area contributed by atoms with E-state index in [2.05, 4.69) is 10.3 Å². The Hall–Kier alpha value is -1.60. The third-order valence-corrected chi connectivity index (χ3v) is 2.47. The summed E-state index contributed by atoms with van der Waals surface area (Å²) in [7, 11) is 0. The number of halogens is 1. The molecule has 0 aliphatic rings. The topological polar surface area (TPSA) is 65.8 Å². The molecule has 1 heterocycles. The van der Waals surface area contributed by atoms with Crippen LogP contribution in [-0.2, 0) is 0 Å². The molecule has 5 heteroatoms. The number of hydrogen-bond acceptors (Lipinski definition) is 3. The molecular weight excluding hydrogens is 226 g/mol. The van der Waals surface area contributed by atoms with Crippen molar-refractivity contribution in [1.29, 1.82) is 5.26 Å². The largest absolute Gasteiger partial charge is 0.348 e. The van der Waals surface area contributed by atoms with Crippen LogP contribution in [0.3, 0.4) is 0 Å². The lowest BCUT2D eigenvalue weighted by Gasteiger charge is -2.13. The molecule has 1 aromatic heterocycles. The zero-order valence-electron chi connectivity index (χ0n) is 8.90. The molecule has 0 bridgehead atoms. The van der Waals surface area contributed by atoms with Crippen LogP contribution in [0.5, 0.6) is 0 Å². The number of amides is 1. The second-order valence-electron chi connectivity index (χ2n) is 3.28. The first kappa shape index (κ1) is 12.5. The predicted molar refractivity (Wildman–Crippen MR) is 61.0 cm³/mol. The third-order valence-electron chi connectivity index (χ3n) is 2.17. The minimum atomic E-state index is -0.291. The van der Waals surface area contributed by atoms with Gasteiger partial charge in [0.05, 0.1) is 18.1 Å². The Morgan fingerprint density at radius 2 is 2.50 bits per heavy atom. The average Bonchev–Trinajstić information content (AvgIpc) is 2.28. The van der Waals surface area contributed by atoms with E-state index in [1.165, 1.54) is 6.20 Å². The van der Waals surface area contributed by atoms with Crippen LogP contribution in [0.1, 0.15) is 30.1 Å². The molecule has 0 aromatic carbocycles. The molecule has 0 spiro atoms. The zero-order valence-corrected chi connectivity index (χ0v) is 9.66. The highest BCUT2D eigenvalue weighted by Crippen LogP contribution is 2.11. The number of aromatic nitrogens is 1. The summed E-state index contributed by atoms with van der Waals surface area (Å²) in [5.74, 6) is -0.291. The van der Waals surface area contributed by atoms with E-state index in [4.69, 9.17) is 16.9 Å². The first-order chi connectivity index (χ1) is 7.69. The molecular formula is C11H12ClN3O. The smallest absolute Gasteiger partial charge is 0.254 e. The molecule has 1 unspecified atom stereocenters. The van der Waals surface area contributed by atoms with E-state index < -0.39 is 0 Å². The van der Waals surface area contributed by atoms with Gasteiger partial charge in [0.2, 0.25) is 0 Å². The van der Waals surface area contributed by atoms with Crippen molar-refractivity contribution in [3.05, 3.63) is 29.0 Å². The van der Waals surface area contributed by atoms with Gasteiger partial charge in [-0.1, -0.05) is 18.5 Å². The number of nitrogens with zero attached hydrogens (tertiary/aromatic N) is 2. The number of hydrogen-bond donors (Lipinski definition) is 1. The highest BCUT2D eigenvalue weighted by atomic mass is 35.5. The van der Waals surface area contributed by atoms with E-state index in [0.717, 1.165) is 0 Å². The maximum Gasteiger partial charge on any atom is 0.254 e. The summed E-state index contributed by atoms with van der Waals surface area (Å²) in [4.78, 5) is 15.6. The van der Waals surface area contributed by atoms with Crippen molar-refractivity contribution in [3.8, 4) is 6.07 Å². The molecule has 0 saturated heterocycles. The number of carbonyl (C=O) groups is 1. The first-order valence-corrected chi connectivity index (χ1v) is 5.35.